The van der Waals surface area contributed by atoms with E-state index in [1.165, 1.54) is 0 Å². The normalized spacial score (nSPS) is 23.9. The highest BCUT2D eigenvalue weighted by molar-refractivity contribution is 6.30. The van der Waals surface area contributed by atoms with Crippen molar-refractivity contribution in [3.63, 3.8) is 0 Å². The van der Waals surface area contributed by atoms with Crippen LogP contribution in [-0.4, -0.2) is 22.9 Å². The SMILES string of the molecule is Cc1ccc(NC(=O)[C@H]2[C@@H](C(=O)O)[C@H]3C=C[C@H]2C3)cc1NC(=O)c1ccc(Cl)cc1. The molecule has 2 amide bonds. The number of nitrogens with one attached hydrogen (secondary N) is 2. The van der Waals surface area contributed by atoms with Crippen LogP contribution < -0.4 is 10.6 Å². The Morgan fingerprint density at radius 1 is 0.967 bits per heavy atom. The summed E-state index contributed by atoms with van der Waals surface area (Å²) in [7, 11) is 0. The van der Waals surface area contributed by atoms with E-state index >= 15 is 0 Å². The molecule has 2 aliphatic rings. The lowest BCUT2D eigenvalue weighted by atomic mass is 9.82. The van der Waals surface area contributed by atoms with Gasteiger partial charge in [0.15, 0.2) is 0 Å². The van der Waals surface area contributed by atoms with Crippen LogP contribution in [0, 0.1) is 30.6 Å². The lowest BCUT2D eigenvalue weighted by Crippen LogP contribution is -2.36. The van der Waals surface area contributed by atoms with Gasteiger partial charge >= 0.3 is 5.97 Å². The van der Waals surface area contributed by atoms with Gasteiger partial charge in [0.05, 0.1) is 11.8 Å². The zero-order valence-corrected chi connectivity index (χ0v) is 17.0. The number of carboxylic acids is 1. The van der Waals surface area contributed by atoms with E-state index in [4.69, 9.17) is 11.6 Å². The molecule has 1 saturated carbocycles. The number of carbonyl (C=O) groups excluding carboxylic acids is 2. The number of amides is 2. The monoisotopic (exact) mass is 424 g/mol. The molecule has 30 heavy (non-hydrogen) atoms. The Morgan fingerprint density at radius 3 is 2.30 bits per heavy atom. The second kappa shape index (κ2) is 7.95. The second-order valence-electron chi connectivity index (χ2n) is 7.82. The molecule has 2 aliphatic carbocycles. The fourth-order valence-electron chi connectivity index (χ4n) is 4.37. The summed E-state index contributed by atoms with van der Waals surface area (Å²) < 4.78 is 0. The lowest BCUT2D eigenvalue weighted by molar-refractivity contribution is -0.146. The molecule has 1 fully saturated rings. The molecule has 6 nitrogen and oxygen atoms in total. The van der Waals surface area contributed by atoms with Gasteiger partial charge < -0.3 is 15.7 Å². The molecule has 0 saturated heterocycles. The van der Waals surface area contributed by atoms with Crippen molar-refractivity contribution in [2.24, 2.45) is 23.7 Å². The van der Waals surface area contributed by atoms with Crippen molar-refractivity contribution in [3.05, 3.63) is 70.8 Å². The molecule has 0 aliphatic heterocycles. The summed E-state index contributed by atoms with van der Waals surface area (Å²) in [6.07, 6.45) is 4.55. The Hall–Kier alpha value is -3.12. The van der Waals surface area contributed by atoms with Crippen LogP contribution in [0.25, 0.3) is 0 Å². The number of fused-ring (bicyclic) bond motifs is 2. The van der Waals surface area contributed by atoms with Crippen LogP contribution in [-0.2, 0) is 9.59 Å². The first-order valence-corrected chi connectivity index (χ1v) is 10.1. The number of anilines is 2. The number of aliphatic carboxylic acids is 1. The predicted octanol–water partition coefficient (Wildman–Crippen LogP) is 4.36. The molecule has 0 spiro atoms. The van der Waals surface area contributed by atoms with Gasteiger partial charge in [-0.3, -0.25) is 14.4 Å². The molecule has 0 unspecified atom stereocenters. The van der Waals surface area contributed by atoms with Crippen LogP contribution in [0.15, 0.2) is 54.6 Å². The van der Waals surface area contributed by atoms with E-state index in [2.05, 4.69) is 10.6 Å². The van der Waals surface area contributed by atoms with Crippen molar-refractivity contribution in [2.75, 3.05) is 10.6 Å². The molecule has 4 atom stereocenters. The van der Waals surface area contributed by atoms with E-state index < -0.39 is 17.8 Å². The van der Waals surface area contributed by atoms with Crippen molar-refractivity contribution in [1.29, 1.82) is 0 Å². The quantitative estimate of drug-likeness (QED) is 0.621. The fraction of sp³-hybridized carbons (Fsp3) is 0.261. The lowest BCUT2D eigenvalue weighted by Gasteiger charge is -2.24. The largest absolute Gasteiger partial charge is 0.481 e. The third-order valence-corrected chi connectivity index (χ3v) is 6.16. The minimum atomic E-state index is -0.938. The van der Waals surface area contributed by atoms with Crippen LogP contribution in [0.2, 0.25) is 5.02 Å². The minimum absolute atomic E-state index is 0.0503. The summed E-state index contributed by atoms with van der Waals surface area (Å²) in [6.45, 7) is 1.85. The maximum absolute atomic E-state index is 12.9. The Bertz CT molecular complexity index is 1050. The van der Waals surface area contributed by atoms with Crippen molar-refractivity contribution in [3.8, 4) is 0 Å². The van der Waals surface area contributed by atoms with Crippen LogP contribution in [0.3, 0.4) is 0 Å². The average molecular weight is 425 g/mol. The van der Waals surface area contributed by atoms with E-state index in [9.17, 15) is 19.5 Å². The highest BCUT2D eigenvalue weighted by Crippen LogP contribution is 2.48. The van der Waals surface area contributed by atoms with Gasteiger partial charge in [0.25, 0.3) is 5.91 Å². The third-order valence-electron chi connectivity index (χ3n) is 5.91. The molecule has 3 N–H and O–H groups in total. The molecule has 2 aromatic rings. The first-order chi connectivity index (χ1) is 14.3. The second-order valence-corrected chi connectivity index (χ2v) is 8.25. The maximum Gasteiger partial charge on any atom is 0.307 e. The molecule has 0 aromatic heterocycles. The smallest absolute Gasteiger partial charge is 0.307 e. The first kappa shape index (κ1) is 20.2. The molecule has 7 heteroatoms. The number of rotatable bonds is 5. The van der Waals surface area contributed by atoms with Gasteiger partial charge in [-0.05, 0) is 67.1 Å². The number of hydrogen-bond donors (Lipinski definition) is 3. The van der Waals surface area contributed by atoms with Gasteiger partial charge in [0, 0.05) is 22.0 Å². The van der Waals surface area contributed by atoms with Gasteiger partial charge in [0.1, 0.15) is 0 Å². The summed E-state index contributed by atoms with van der Waals surface area (Å²) in [5, 5.41) is 15.8. The Morgan fingerprint density at radius 2 is 1.63 bits per heavy atom. The van der Waals surface area contributed by atoms with Gasteiger partial charge in [-0.1, -0.05) is 29.8 Å². The maximum atomic E-state index is 12.9. The van der Waals surface area contributed by atoms with E-state index in [1.54, 1.807) is 42.5 Å². The summed E-state index contributed by atoms with van der Waals surface area (Å²) >= 11 is 5.87. The standard InChI is InChI=1S/C23H21ClN2O4/c1-12-2-9-17(11-18(12)26-21(27)13-5-7-16(24)8-6-13)25-22(28)19-14-3-4-15(10-14)20(19)23(29)30/h2-9,11,14-15,19-20H,10H2,1H3,(H,25,28)(H,26,27)(H,29,30)/t14-,15-,19+,20-/m0/s1. The van der Waals surface area contributed by atoms with Crippen LogP contribution in [0.4, 0.5) is 11.4 Å². The van der Waals surface area contributed by atoms with Crippen molar-refractivity contribution >= 4 is 40.8 Å². The topological polar surface area (TPSA) is 95.5 Å². The van der Waals surface area contributed by atoms with Crippen LogP contribution in [0.1, 0.15) is 22.3 Å². The highest BCUT2D eigenvalue weighted by atomic mass is 35.5. The molecule has 2 aromatic carbocycles. The van der Waals surface area contributed by atoms with E-state index in [0.29, 0.717) is 28.4 Å². The Kier molecular flexibility index (Phi) is 5.35. The van der Waals surface area contributed by atoms with E-state index in [-0.39, 0.29) is 23.7 Å². The van der Waals surface area contributed by atoms with Gasteiger partial charge in [-0.15, -0.1) is 0 Å². The van der Waals surface area contributed by atoms with E-state index in [0.717, 1.165) is 5.56 Å². The first-order valence-electron chi connectivity index (χ1n) is 9.73. The molecule has 154 valence electrons. The minimum Gasteiger partial charge on any atom is -0.481 e. The number of hydrogen-bond acceptors (Lipinski definition) is 3. The zero-order chi connectivity index (χ0) is 21.4. The van der Waals surface area contributed by atoms with Gasteiger partial charge in [-0.25, -0.2) is 0 Å². The van der Waals surface area contributed by atoms with Crippen molar-refractivity contribution in [2.45, 2.75) is 13.3 Å². The molecule has 0 radical (unpaired) electrons. The average Bonchev–Trinajstić information content (AvgIpc) is 3.32. The highest BCUT2D eigenvalue weighted by Gasteiger charge is 2.51. The summed E-state index contributed by atoms with van der Waals surface area (Å²) in [6, 6.07) is 11.8. The molecule has 4 rings (SSSR count). The molecular weight excluding hydrogens is 404 g/mol. The van der Waals surface area contributed by atoms with E-state index in [1.807, 2.05) is 19.1 Å². The van der Waals surface area contributed by atoms with Gasteiger partial charge in [-0.2, -0.15) is 0 Å². The fourth-order valence-corrected chi connectivity index (χ4v) is 4.50. The van der Waals surface area contributed by atoms with Gasteiger partial charge in [0.2, 0.25) is 5.91 Å². The number of allylic oxidation sites excluding steroid dienone is 2. The zero-order valence-electron chi connectivity index (χ0n) is 16.3. The predicted molar refractivity (Wildman–Crippen MR) is 115 cm³/mol. The van der Waals surface area contributed by atoms with Crippen molar-refractivity contribution < 1.29 is 19.5 Å². The Balaban J connectivity index is 1.50. The number of carboxylic acid groups (broad SMARTS) is 1. The summed E-state index contributed by atoms with van der Waals surface area (Å²) in [4.78, 5) is 37.1. The van der Waals surface area contributed by atoms with Crippen molar-refractivity contribution in [1.82, 2.24) is 0 Å². The molecular formula is C23H21ClN2O4. The third kappa shape index (κ3) is 3.83. The Labute approximate surface area is 178 Å². The number of carbonyl (C=O) groups is 3. The van der Waals surface area contributed by atoms with Crippen LogP contribution in [0.5, 0.6) is 0 Å². The number of aryl methyl sites for hydroxylation is 1. The summed E-state index contributed by atoms with van der Waals surface area (Å²) in [5.41, 5.74) is 2.37. The number of halogens is 1. The molecule has 2 bridgehead atoms. The molecule has 0 heterocycles. The van der Waals surface area contributed by atoms with Crippen LogP contribution >= 0.6 is 11.6 Å². The summed E-state index contributed by atoms with van der Waals surface area (Å²) in [5.74, 6) is -2.96. The number of benzene rings is 2.